The van der Waals surface area contributed by atoms with Crippen LogP contribution in [0.1, 0.15) is 26.4 Å². The van der Waals surface area contributed by atoms with E-state index < -0.39 is 11.9 Å². The first-order chi connectivity index (χ1) is 9.99. The standard InChI is InChI=1S/C15H13ClN2O3/c1-18(9-10-4-2-5-11(16)8-10)14(19)13-12(15(20)21)6-3-7-17-13/h2-8H,9H2,1H3,(H,20,21). The Labute approximate surface area is 126 Å². The molecule has 0 bridgehead atoms. The highest BCUT2D eigenvalue weighted by atomic mass is 35.5. The average molecular weight is 305 g/mol. The minimum Gasteiger partial charge on any atom is -0.478 e. The Balaban J connectivity index is 2.22. The topological polar surface area (TPSA) is 70.5 Å². The van der Waals surface area contributed by atoms with Gasteiger partial charge in [-0.25, -0.2) is 4.79 Å². The quantitative estimate of drug-likeness (QED) is 0.943. The molecule has 1 aromatic carbocycles. The van der Waals surface area contributed by atoms with Crippen LogP contribution in [-0.2, 0) is 6.54 Å². The Morgan fingerprint density at radius 1 is 1.29 bits per heavy atom. The molecule has 108 valence electrons. The summed E-state index contributed by atoms with van der Waals surface area (Å²) in [5.74, 6) is -1.63. The van der Waals surface area contributed by atoms with Crippen LogP contribution in [0.2, 0.25) is 5.02 Å². The van der Waals surface area contributed by atoms with Crippen LogP contribution in [0.3, 0.4) is 0 Å². The molecule has 1 amide bonds. The van der Waals surface area contributed by atoms with Crippen molar-refractivity contribution in [2.45, 2.75) is 6.54 Å². The molecule has 0 atom stereocenters. The van der Waals surface area contributed by atoms with Crippen molar-refractivity contribution >= 4 is 23.5 Å². The third-order valence-corrected chi connectivity index (χ3v) is 3.13. The molecule has 6 heteroatoms. The van der Waals surface area contributed by atoms with E-state index in [2.05, 4.69) is 4.98 Å². The zero-order valence-electron chi connectivity index (χ0n) is 11.3. The van der Waals surface area contributed by atoms with Gasteiger partial charge in [-0.3, -0.25) is 9.78 Å². The minimum atomic E-state index is -1.18. The van der Waals surface area contributed by atoms with Crippen molar-refractivity contribution in [2.75, 3.05) is 7.05 Å². The molecule has 0 saturated carbocycles. The highest BCUT2D eigenvalue weighted by molar-refractivity contribution is 6.30. The number of nitrogens with zero attached hydrogens (tertiary/aromatic N) is 2. The lowest BCUT2D eigenvalue weighted by Crippen LogP contribution is -2.28. The van der Waals surface area contributed by atoms with Crippen LogP contribution in [0.5, 0.6) is 0 Å². The molecule has 1 aromatic heterocycles. The lowest BCUT2D eigenvalue weighted by molar-refractivity contribution is 0.0678. The normalized spacial score (nSPS) is 10.2. The highest BCUT2D eigenvalue weighted by Gasteiger charge is 2.20. The number of carbonyl (C=O) groups is 2. The van der Waals surface area contributed by atoms with Gasteiger partial charge in [0.2, 0.25) is 0 Å². The van der Waals surface area contributed by atoms with Crippen molar-refractivity contribution in [3.05, 3.63) is 64.4 Å². The summed E-state index contributed by atoms with van der Waals surface area (Å²) in [6, 6.07) is 9.97. The number of hydrogen-bond donors (Lipinski definition) is 1. The van der Waals surface area contributed by atoms with Gasteiger partial charge >= 0.3 is 5.97 Å². The van der Waals surface area contributed by atoms with E-state index in [-0.39, 0.29) is 11.3 Å². The monoisotopic (exact) mass is 304 g/mol. The number of amides is 1. The van der Waals surface area contributed by atoms with Gasteiger partial charge in [0.1, 0.15) is 5.69 Å². The summed E-state index contributed by atoms with van der Waals surface area (Å²) in [6.45, 7) is 0.315. The number of aromatic nitrogens is 1. The van der Waals surface area contributed by atoms with Gasteiger partial charge in [0.15, 0.2) is 0 Å². The van der Waals surface area contributed by atoms with Gasteiger partial charge in [0.25, 0.3) is 5.91 Å². The molecule has 1 N–H and O–H groups in total. The van der Waals surface area contributed by atoms with E-state index in [0.29, 0.717) is 11.6 Å². The van der Waals surface area contributed by atoms with E-state index in [0.717, 1.165) is 5.56 Å². The van der Waals surface area contributed by atoms with Crippen molar-refractivity contribution in [3.63, 3.8) is 0 Å². The molecule has 0 radical (unpaired) electrons. The largest absolute Gasteiger partial charge is 0.478 e. The second-order valence-corrected chi connectivity index (χ2v) is 4.93. The average Bonchev–Trinajstić information content (AvgIpc) is 2.46. The molecule has 1 heterocycles. The predicted molar refractivity (Wildman–Crippen MR) is 78.4 cm³/mol. The van der Waals surface area contributed by atoms with Crippen LogP contribution in [0, 0.1) is 0 Å². The second-order valence-electron chi connectivity index (χ2n) is 4.50. The summed E-state index contributed by atoms with van der Waals surface area (Å²) in [6.07, 6.45) is 1.40. The third-order valence-electron chi connectivity index (χ3n) is 2.90. The fraction of sp³-hybridized carbons (Fsp3) is 0.133. The number of rotatable bonds is 4. The summed E-state index contributed by atoms with van der Waals surface area (Å²) in [4.78, 5) is 28.7. The van der Waals surface area contributed by atoms with Gasteiger partial charge in [0.05, 0.1) is 5.56 Å². The first-order valence-corrected chi connectivity index (χ1v) is 6.55. The molecule has 5 nitrogen and oxygen atoms in total. The summed E-state index contributed by atoms with van der Waals surface area (Å²) >= 11 is 5.90. The molecule has 0 aliphatic heterocycles. The number of benzene rings is 1. The van der Waals surface area contributed by atoms with Gasteiger partial charge < -0.3 is 10.0 Å². The van der Waals surface area contributed by atoms with Gasteiger partial charge in [-0.1, -0.05) is 23.7 Å². The summed E-state index contributed by atoms with van der Waals surface area (Å²) < 4.78 is 0. The smallest absolute Gasteiger partial charge is 0.338 e. The molecule has 0 aliphatic rings. The zero-order chi connectivity index (χ0) is 15.4. The Hall–Kier alpha value is -2.40. The molecule has 0 spiro atoms. The third kappa shape index (κ3) is 3.58. The van der Waals surface area contributed by atoms with Crippen molar-refractivity contribution in [1.82, 2.24) is 9.88 Å². The Kier molecular flexibility index (Phi) is 4.55. The SMILES string of the molecule is CN(Cc1cccc(Cl)c1)C(=O)c1ncccc1C(=O)O. The van der Waals surface area contributed by atoms with E-state index in [1.165, 1.54) is 23.2 Å². The lowest BCUT2D eigenvalue weighted by atomic mass is 10.1. The highest BCUT2D eigenvalue weighted by Crippen LogP contribution is 2.14. The summed E-state index contributed by atoms with van der Waals surface area (Å²) in [5, 5.41) is 9.68. The maximum absolute atomic E-state index is 12.3. The molecular formula is C15H13ClN2O3. The van der Waals surface area contributed by atoms with Crippen LogP contribution in [0.15, 0.2) is 42.6 Å². The maximum atomic E-state index is 12.3. The Bertz CT molecular complexity index is 688. The number of hydrogen-bond acceptors (Lipinski definition) is 3. The lowest BCUT2D eigenvalue weighted by Gasteiger charge is -2.17. The molecule has 2 aromatic rings. The van der Waals surface area contributed by atoms with E-state index in [1.54, 1.807) is 25.2 Å². The number of aromatic carboxylic acids is 1. The molecule has 0 saturated heterocycles. The van der Waals surface area contributed by atoms with Crippen molar-refractivity contribution < 1.29 is 14.7 Å². The molecular weight excluding hydrogens is 292 g/mol. The first-order valence-electron chi connectivity index (χ1n) is 6.17. The van der Waals surface area contributed by atoms with Crippen LogP contribution in [0.25, 0.3) is 0 Å². The Morgan fingerprint density at radius 3 is 2.71 bits per heavy atom. The number of pyridine rings is 1. The fourth-order valence-electron chi connectivity index (χ4n) is 1.91. The van der Waals surface area contributed by atoms with Crippen molar-refractivity contribution in [2.24, 2.45) is 0 Å². The molecule has 21 heavy (non-hydrogen) atoms. The van der Waals surface area contributed by atoms with Crippen molar-refractivity contribution in [1.29, 1.82) is 0 Å². The number of halogens is 1. The van der Waals surface area contributed by atoms with E-state index in [9.17, 15) is 9.59 Å². The summed E-state index contributed by atoms with van der Waals surface area (Å²) in [5.41, 5.74) is 0.668. The first kappa shape index (κ1) is 15.0. The van der Waals surface area contributed by atoms with Crippen LogP contribution >= 0.6 is 11.6 Å². The van der Waals surface area contributed by atoms with Crippen LogP contribution in [-0.4, -0.2) is 33.9 Å². The fourth-order valence-corrected chi connectivity index (χ4v) is 2.12. The van der Waals surface area contributed by atoms with Crippen molar-refractivity contribution in [3.8, 4) is 0 Å². The molecule has 0 unspecified atom stereocenters. The minimum absolute atomic E-state index is 0.0745. The molecule has 2 rings (SSSR count). The van der Waals surface area contributed by atoms with Gasteiger partial charge in [-0.2, -0.15) is 0 Å². The van der Waals surface area contributed by atoms with Gasteiger partial charge in [0, 0.05) is 24.8 Å². The number of carboxylic acid groups (broad SMARTS) is 1. The van der Waals surface area contributed by atoms with Gasteiger partial charge in [-0.05, 0) is 29.8 Å². The second kappa shape index (κ2) is 6.37. The van der Waals surface area contributed by atoms with Crippen LogP contribution < -0.4 is 0 Å². The van der Waals surface area contributed by atoms with Crippen LogP contribution in [0.4, 0.5) is 0 Å². The maximum Gasteiger partial charge on any atom is 0.338 e. The number of carbonyl (C=O) groups excluding carboxylic acids is 1. The summed E-state index contributed by atoms with van der Waals surface area (Å²) in [7, 11) is 1.59. The number of carboxylic acids is 1. The van der Waals surface area contributed by atoms with E-state index in [4.69, 9.17) is 16.7 Å². The Morgan fingerprint density at radius 2 is 2.05 bits per heavy atom. The predicted octanol–water partition coefficient (Wildman–Crippen LogP) is 2.71. The molecule has 0 fully saturated rings. The zero-order valence-corrected chi connectivity index (χ0v) is 12.0. The van der Waals surface area contributed by atoms with E-state index >= 15 is 0 Å². The molecule has 0 aliphatic carbocycles. The van der Waals surface area contributed by atoms with Gasteiger partial charge in [-0.15, -0.1) is 0 Å². The van der Waals surface area contributed by atoms with E-state index in [1.807, 2.05) is 6.07 Å².